The van der Waals surface area contributed by atoms with Crippen LogP contribution in [0.4, 0.5) is 0 Å². The summed E-state index contributed by atoms with van der Waals surface area (Å²) in [7, 11) is 0. The van der Waals surface area contributed by atoms with Gasteiger partial charge in [-0.3, -0.25) is 0 Å². The second-order valence-corrected chi connectivity index (χ2v) is 4.28. The fourth-order valence-corrected chi connectivity index (χ4v) is 1.87. The van der Waals surface area contributed by atoms with Crippen LogP contribution in [-0.4, -0.2) is 5.11 Å². The molecule has 0 radical (unpaired) electrons. The second kappa shape index (κ2) is 5.76. The number of phenolic OH excluding ortho intramolecular Hbond substituents is 1. The van der Waals surface area contributed by atoms with E-state index in [1.54, 1.807) is 18.2 Å². The molecule has 2 rings (SSSR count). The number of rotatable bonds is 4. The predicted molar refractivity (Wildman–Crippen MR) is 71.8 cm³/mol. The van der Waals surface area contributed by atoms with Crippen LogP contribution in [0.15, 0.2) is 42.5 Å². The predicted octanol–water partition coefficient (Wildman–Crippen LogP) is 3.08. The summed E-state index contributed by atoms with van der Waals surface area (Å²) in [5.41, 5.74) is 7.41. The molecule has 18 heavy (non-hydrogen) atoms. The lowest BCUT2D eigenvalue weighted by atomic mass is 10.2. The molecule has 2 aromatic rings. The molecule has 94 valence electrons. The maximum absolute atomic E-state index is 9.19. The Morgan fingerprint density at radius 1 is 1.11 bits per heavy atom. The van der Waals surface area contributed by atoms with E-state index in [4.69, 9.17) is 22.1 Å². The van der Waals surface area contributed by atoms with Gasteiger partial charge in [-0.25, -0.2) is 0 Å². The first kappa shape index (κ1) is 12.7. The molecule has 0 atom stereocenters. The Labute approximate surface area is 111 Å². The van der Waals surface area contributed by atoms with Gasteiger partial charge in [-0.1, -0.05) is 29.8 Å². The number of hydrogen-bond acceptors (Lipinski definition) is 3. The first-order valence-electron chi connectivity index (χ1n) is 5.59. The Bertz CT molecular complexity index is 526. The van der Waals surface area contributed by atoms with Crippen LogP contribution < -0.4 is 10.5 Å². The number of ether oxygens (including phenoxy) is 1. The van der Waals surface area contributed by atoms with E-state index in [1.807, 2.05) is 24.3 Å². The van der Waals surface area contributed by atoms with Gasteiger partial charge in [0.15, 0.2) is 0 Å². The molecule has 3 nitrogen and oxygen atoms in total. The van der Waals surface area contributed by atoms with Crippen LogP contribution in [0.3, 0.4) is 0 Å². The number of hydrogen-bond donors (Lipinski definition) is 2. The number of benzene rings is 2. The Kier molecular flexibility index (Phi) is 4.07. The minimum Gasteiger partial charge on any atom is -0.508 e. The van der Waals surface area contributed by atoms with Crippen molar-refractivity contribution in [3.8, 4) is 11.5 Å². The molecule has 0 aliphatic rings. The highest BCUT2D eigenvalue weighted by Crippen LogP contribution is 2.26. The van der Waals surface area contributed by atoms with Gasteiger partial charge in [-0.05, 0) is 29.8 Å². The number of halogens is 1. The monoisotopic (exact) mass is 263 g/mol. The van der Waals surface area contributed by atoms with Crippen molar-refractivity contribution < 1.29 is 9.84 Å². The summed E-state index contributed by atoms with van der Waals surface area (Å²) >= 11 is 6.04. The molecule has 2 aromatic carbocycles. The van der Waals surface area contributed by atoms with E-state index in [1.165, 1.54) is 0 Å². The van der Waals surface area contributed by atoms with Gasteiger partial charge in [-0.2, -0.15) is 0 Å². The van der Waals surface area contributed by atoms with Crippen molar-refractivity contribution in [2.75, 3.05) is 0 Å². The topological polar surface area (TPSA) is 55.5 Å². The van der Waals surface area contributed by atoms with Crippen LogP contribution in [-0.2, 0) is 13.2 Å². The average molecular weight is 264 g/mol. The lowest BCUT2D eigenvalue weighted by molar-refractivity contribution is 0.303. The molecule has 0 saturated heterocycles. The van der Waals surface area contributed by atoms with E-state index in [2.05, 4.69) is 0 Å². The van der Waals surface area contributed by atoms with Crippen molar-refractivity contribution in [3.05, 3.63) is 58.6 Å². The highest BCUT2D eigenvalue weighted by atomic mass is 35.5. The zero-order chi connectivity index (χ0) is 13.0. The number of aromatic hydroxyl groups is 1. The molecular weight excluding hydrogens is 250 g/mol. The maximum atomic E-state index is 9.19. The Hall–Kier alpha value is -1.71. The van der Waals surface area contributed by atoms with Crippen LogP contribution in [0.1, 0.15) is 11.1 Å². The molecule has 0 unspecified atom stereocenters. The molecule has 0 aliphatic carbocycles. The van der Waals surface area contributed by atoms with E-state index in [0.717, 1.165) is 11.1 Å². The molecule has 3 N–H and O–H groups in total. The molecule has 4 heteroatoms. The third-order valence-electron chi connectivity index (χ3n) is 2.61. The van der Waals surface area contributed by atoms with Gasteiger partial charge in [-0.15, -0.1) is 0 Å². The quantitative estimate of drug-likeness (QED) is 0.891. The molecule has 0 amide bonds. The van der Waals surface area contributed by atoms with Gasteiger partial charge in [0, 0.05) is 17.1 Å². The molecule has 0 aromatic heterocycles. The van der Waals surface area contributed by atoms with Crippen LogP contribution in [0.5, 0.6) is 11.5 Å². The SMILES string of the molecule is NCc1c(Cl)cccc1OCc1ccc(O)cc1. The Morgan fingerprint density at radius 3 is 2.50 bits per heavy atom. The highest BCUT2D eigenvalue weighted by Gasteiger charge is 2.06. The minimum atomic E-state index is 0.240. The van der Waals surface area contributed by atoms with Gasteiger partial charge in [0.1, 0.15) is 18.1 Å². The lowest BCUT2D eigenvalue weighted by Gasteiger charge is -2.11. The smallest absolute Gasteiger partial charge is 0.125 e. The van der Waals surface area contributed by atoms with Crippen LogP contribution in [0.2, 0.25) is 5.02 Å². The number of phenols is 1. The summed E-state index contributed by atoms with van der Waals surface area (Å²) in [6.07, 6.45) is 0. The third kappa shape index (κ3) is 2.94. The molecule has 0 fully saturated rings. The maximum Gasteiger partial charge on any atom is 0.125 e. The van der Waals surface area contributed by atoms with E-state index >= 15 is 0 Å². The lowest BCUT2D eigenvalue weighted by Crippen LogP contribution is -2.03. The van der Waals surface area contributed by atoms with E-state index in [9.17, 15) is 5.11 Å². The highest BCUT2D eigenvalue weighted by molar-refractivity contribution is 6.31. The Morgan fingerprint density at radius 2 is 1.83 bits per heavy atom. The first-order chi connectivity index (χ1) is 8.70. The number of nitrogens with two attached hydrogens (primary N) is 1. The molecule has 0 saturated carbocycles. The largest absolute Gasteiger partial charge is 0.508 e. The van der Waals surface area contributed by atoms with E-state index in [-0.39, 0.29) is 5.75 Å². The fraction of sp³-hybridized carbons (Fsp3) is 0.143. The fourth-order valence-electron chi connectivity index (χ4n) is 1.63. The summed E-state index contributed by atoms with van der Waals surface area (Å²) in [4.78, 5) is 0. The van der Waals surface area contributed by atoms with Crippen molar-refractivity contribution in [1.29, 1.82) is 0 Å². The third-order valence-corrected chi connectivity index (χ3v) is 2.96. The summed E-state index contributed by atoms with van der Waals surface area (Å²) in [5.74, 6) is 0.933. The van der Waals surface area contributed by atoms with Crippen molar-refractivity contribution in [2.24, 2.45) is 5.73 Å². The first-order valence-corrected chi connectivity index (χ1v) is 5.96. The van der Waals surface area contributed by atoms with Gasteiger partial charge in [0.2, 0.25) is 0 Å². The minimum absolute atomic E-state index is 0.240. The summed E-state index contributed by atoms with van der Waals surface area (Å²) in [5, 5.41) is 9.80. The van der Waals surface area contributed by atoms with Crippen LogP contribution >= 0.6 is 11.6 Å². The molecule has 0 spiro atoms. The summed E-state index contributed by atoms with van der Waals surface area (Å²) in [6, 6.07) is 12.3. The van der Waals surface area contributed by atoms with Gasteiger partial charge in [0.25, 0.3) is 0 Å². The van der Waals surface area contributed by atoms with Crippen molar-refractivity contribution in [2.45, 2.75) is 13.2 Å². The van der Waals surface area contributed by atoms with E-state index in [0.29, 0.717) is 23.9 Å². The van der Waals surface area contributed by atoms with Crippen LogP contribution in [0.25, 0.3) is 0 Å². The normalized spacial score (nSPS) is 10.3. The molecule has 0 heterocycles. The molecule has 0 bridgehead atoms. The summed E-state index contributed by atoms with van der Waals surface area (Å²) in [6.45, 7) is 0.748. The second-order valence-electron chi connectivity index (χ2n) is 3.88. The van der Waals surface area contributed by atoms with Gasteiger partial charge < -0.3 is 15.6 Å². The van der Waals surface area contributed by atoms with Gasteiger partial charge in [0.05, 0.1) is 0 Å². The van der Waals surface area contributed by atoms with Gasteiger partial charge >= 0.3 is 0 Å². The molecule has 0 aliphatic heterocycles. The zero-order valence-electron chi connectivity index (χ0n) is 9.77. The summed E-state index contributed by atoms with van der Waals surface area (Å²) < 4.78 is 5.69. The van der Waals surface area contributed by atoms with E-state index < -0.39 is 0 Å². The van der Waals surface area contributed by atoms with Crippen molar-refractivity contribution in [3.63, 3.8) is 0 Å². The van der Waals surface area contributed by atoms with Crippen molar-refractivity contribution >= 4 is 11.6 Å². The Balaban J connectivity index is 2.10. The van der Waals surface area contributed by atoms with Crippen molar-refractivity contribution in [1.82, 2.24) is 0 Å². The van der Waals surface area contributed by atoms with Crippen LogP contribution in [0, 0.1) is 0 Å². The molecular formula is C14H14ClNO2. The zero-order valence-corrected chi connectivity index (χ0v) is 10.5. The standard InChI is InChI=1S/C14H14ClNO2/c15-13-2-1-3-14(12(13)8-16)18-9-10-4-6-11(17)7-5-10/h1-7,17H,8-9,16H2. The average Bonchev–Trinajstić information content (AvgIpc) is 2.38.